The van der Waals surface area contributed by atoms with Gasteiger partial charge in [0.25, 0.3) is 5.91 Å². The van der Waals surface area contributed by atoms with Gasteiger partial charge in [0.05, 0.1) is 5.56 Å². The van der Waals surface area contributed by atoms with E-state index in [1.165, 1.54) is 12.1 Å². The predicted molar refractivity (Wildman–Crippen MR) is 75.4 cm³/mol. The second-order valence-corrected chi connectivity index (χ2v) is 5.30. The summed E-state index contributed by atoms with van der Waals surface area (Å²) in [5.41, 5.74) is 6.20. The monoisotopic (exact) mass is 298 g/mol. The van der Waals surface area contributed by atoms with Crippen molar-refractivity contribution in [1.29, 1.82) is 0 Å². The topological polar surface area (TPSA) is 55.6 Å². The summed E-state index contributed by atoms with van der Waals surface area (Å²) in [6.45, 7) is 0.138. The quantitative estimate of drug-likeness (QED) is 0.908. The van der Waals surface area contributed by atoms with Crippen LogP contribution in [0.5, 0.6) is 5.75 Å². The molecule has 0 saturated carbocycles. The zero-order valence-electron chi connectivity index (χ0n) is 12.0. The average Bonchev–Trinajstić information content (AvgIpc) is 2.80. The fourth-order valence-electron chi connectivity index (χ4n) is 2.75. The molecule has 2 rings (SSSR count). The van der Waals surface area contributed by atoms with E-state index in [2.05, 4.69) is 11.7 Å². The standard InChI is InChI=1S/C15H20F2N2O2/c1-2-5-10-8-19(9-12(10)18)14(20)11-6-3-4-7-13(11)21-15(16)17/h3-4,6-7,10,12,15H,2,5,8-9,18H2,1H3/t10-,12-/m1/s1. The van der Waals surface area contributed by atoms with Crippen molar-refractivity contribution in [2.24, 2.45) is 11.7 Å². The summed E-state index contributed by atoms with van der Waals surface area (Å²) >= 11 is 0. The molecule has 0 spiro atoms. The molecule has 0 radical (unpaired) electrons. The van der Waals surface area contributed by atoms with Crippen LogP contribution < -0.4 is 10.5 Å². The number of nitrogens with two attached hydrogens (primary N) is 1. The molecule has 1 aliphatic heterocycles. The first-order valence-corrected chi connectivity index (χ1v) is 7.11. The van der Waals surface area contributed by atoms with E-state index < -0.39 is 6.61 Å². The highest BCUT2D eigenvalue weighted by molar-refractivity contribution is 5.97. The number of ether oxygens (including phenoxy) is 1. The number of rotatable bonds is 5. The van der Waals surface area contributed by atoms with Gasteiger partial charge in [0.15, 0.2) is 0 Å². The summed E-state index contributed by atoms with van der Waals surface area (Å²) in [6, 6.07) is 6.00. The number of alkyl halides is 2. The smallest absolute Gasteiger partial charge is 0.387 e. The normalized spacial score (nSPS) is 21.9. The molecule has 0 aromatic heterocycles. The molecule has 1 fully saturated rings. The van der Waals surface area contributed by atoms with Gasteiger partial charge in [0.2, 0.25) is 0 Å². The number of para-hydroxylation sites is 1. The number of carbonyl (C=O) groups excluding carboxylic acids is 1. The maximum atomic E-state index is 12.5. The Kier molecular flexibility index (Phi) is 5.12. The van der Waals surface area contributed by atoms with Crippen molar-refractivity contribution in [3.63, 3.8) is 0 Å². The van der Waals surface area contributed by atoms with Crippen LogP contribution in [0.4, 0.5) is 8.78 Å². The van der Waals surface area contributed by atoms with Crippen LogP contribution >= 0.6 is 0 Å². The molecule has 0 unspecified atom stereocenters. The molecule has 1 aromatic rings. The van der Waals surface area contributed by atoms with Gasteiger partial charge in [0, 0.05) is 19.1 Å². The summed E-state index contributed by atoms with van der Waals surface area (Å²) in [4.78, 5) is 14.1. The molecule has 116 valence electrons. The average molecular weight is 298 g/mol. The Morgan fingerprint density at radius 1 is 1.43 bits per heavy atom. The molecule has 0 aliphatic carbocycles. The van der Waals surface area contributed by atoms with Gasteiger partial charge in [-0.3, -0.25) is 4.79 Å². The number of hydrogen-bond donors (Lipinski definition) is 1. The molecule has 4 nitrogen and oxygen atoms in total. The Morgan fingerprint density at radius 2 is 2.14 bits per heavy atom. The van der Waals surface area contributed by atoms with Crippen molar-refractivity contribution >= 4 is 5.91 Å². The zero-order valence-corrected chi connectivity index (χ0v) is 12.0. The number of likely N-dealkylation sites (tertiary alicyclic amines) is 1. The Balaban J connectivity index is 2.14. The molecule has 2 atom stereocenters. The van der Waals surface area contributed by atoms with Gasteiger partial charge in [0.1, 0.15) is 5.75 Å². The number of hydrogen-bond acceptors (Lipinski definition) is 3. The Labute approximate surface area is 122 Å². The Hall–Kier alpha value is -1.69. The fraction of sp³-hybridized carbons (Fsp3) is 0.533. The second kappa shape index (κ2) is 6.85. The summed E-state index contributed by atoms with van der Waals surface area (Å²) in [5, 5.41) is 0. The molecular formula is C15H20F2N2O2. The van der Waals surface area contributed by atoms with E-state index in [4.69, 9.17) is 5.73 Å². The lowest BCUT2D eigenvalue weighted by molar-refractivity contribution is -0.0502. The van der Waals surface area contributed by atoms with Crippen LogP contribution in [0.1, 0.15) is 30.1 Å². The van der Waals surface area contributed by atoms with E-state index in [0.29, 0.717) is 13.1 Å². The van der Waals surface area contributed by atoms with Crippen molar-refractivity contribution < 1.29 is 18.3 Å². The molecule has 21 heavy (non-hydrogen) atoms. The van der Waals surface area contributed by atoms with Gasteiger partial charge in [-0.25, -0.2) is 0 Å². The lowest BCUT2D eigenvalue weighted by atomic mass is 9.99. The summed E-state index contributed by atoms with van der Waals surface area (Å²) < 4.78 is 29.2. The van der Waals surface area contributed by atoms with Crippen LogP contribution in [0.3, 0.4) is 0 Å². The van der Waals surface area contributed by atoms with Crippen molar-refractivity contribution in [2.75, 3.05) is 13.1 Å². The SMILES string of the molecule is CCC[C@@H]1CN(C(=O)c2ccccc2OC(F)F)C[C@H]1N. The van der Waals surface area contributed by atoms with E-state index in [1.54, 1.807) is 17.0 Å². The number of halogens is 2. The first kappa shape index (κ1) is 15.7. The summed E-state index contributed by atoms with van der Waals surface area (Å²) in [5.74, 6) is -0.132. The largest absolute Gasteiger partial charge is 0.434 e. The third kappa shape index (κ3) is 3.69. The molecule has 0 bridgehead atoms. The minimum Gasteiger partial charge on any atom is -0.434 e. The Morgan fingerprint density at radius 3 is 2.81 bits per heavy atom. The third-order valence-electron chi connectivity index (χ3n) is 3.77. The molecule has 1 aromatic carbocycles. The summed E-state index contributed by atoms with van der Waals surface area (Å²) in [7, 11) is 0. The van der Waals surface area contributed by atoms with Crippen molar-refractivity contribution in [1.82, 2.24) is 4.90 Å². The minimum absolute atomic E-state index is 0.0583. The van der Waals surface area contributed by atoms with Gasteiger partial charge in [-0.1, -0.05) is 25.5 Å². The molecule has 1 amide bonds. The molecule has 2 N–H and O–H groups in total. The highest BCUT2D eigenvalue weighted by Gasteiger charge is 2.33. The van der Waals surface area contributed by atoms with Crippen LogP contribution in [-0.2, 0) is 0 Å². The predicted octanol–water partition coefficient (Wildman–Crippen LogP) is 2.49. The minimum atomic E-state index is -2.95. The summed E-state index contributed by atoms with van der Waals surface area (Å²) in [6.07, 6.45) is 1.96. The van der Waals surface area contributed by atoms with Gasteiger partial charge >= 0.3 is 6.61 Å². The first-order chi connectivity index (χ1) is 10.0. The molecule has 1 saturated heterocycles. The molecule has 1 heterocycles. The molecular weight excluding hydrogens is 278 g/mol. The Bertz CT molecular complexity index is 496. The maximum absolute atomic E-state index is 12.5. The van der Waals surface area contributed by atoms with Gasteiger partial charge < -0.3 is 15.4 Å². The van der Waals surface area contributed by atoms with E-state index in [0.717, 1.165) is 12.8 Å². The van der Waals surface area contributed by atoms with E-state index >= 15 is 0 Å². The van der Waals surface area contributed by atoms with Gasteiger partial charge in [-0.15, -0.1) is 0 Å². The zero-order chi connectivity index (χ0) is 15.4. The lowest BCUT2D eigenvalue weighted by Crippen LogP contribution is -2.32. The highest BCUT2D eigenvalue weighted by Crippen LogP contribution is 2.26. The van der Waals surface area contributed by atoms with Crippen LogP contribution in [0.25, 0.3) is 0 Å². The third-order valence-corrected chi connectivity index (χ3v) is 3.77. The number of amides is 1. The van der Waals surface area contributed by atoms with E-state index in [-0.39, 0.29) is 29.2 Å². The van der Waals surface area contributed by atoms with Crippen LogP contribution in [0.15, 0.2) is 24.3 Å². The number of nitrogens with zero attached hydrogens (tertiary/aromatic N) is 1. The molecule has 6 heteroatoms. The molecule has 1 aliphatic rings. The second-order valence-electron chi connectivity index (χ2n) is 5.30. The van der Waals surface area contributed by atoms with E-state index in [1.807, 2.05) is 0 Å². The van der Waals surface area contributed by atoms with Crippen molar-refractivity contribution in [3.8, 4) is 5.75 Å². The van der Waals surface area contributed by atoms with Crippen LogP contribution in [0, 0.1) is 5.92 Å². The van der Waals surface area contributed by atoms with Crippen LogP contribution in [-0.4, -0.2) is 36.5 Å². The van der Waals surface area contributed by atoms with E-state index in [9.17, 15) is 13.6 Å². The van der Waals surface area contributed by atoms with Crippen molar-refractivity contribution in [3.05, 3.63) is 29.8 Å². The first-order valence-electron chi connectivity index (χ1n) is 7.11. The maximum Gasteiger partial charge on any atom is 0.387 e. The highest BCUT2D eigenvalue weighted by atomic mass is 19.3. The fourth-order valence-corrected chi connectivity index (χ4v) is 2.75. The van der Waals surface area contributed by atoms with Gasteiger partial charge in [-0.05, 0) is 24.5 Å². The number of carbonyl (C=O) groups is 1. The van der Waals surface area contributed by atoms with Gasteiger partial charge in [-0.2, -0.15) is 8.78 Å². The van der Waals surface area contributed by atoms with Crippen molar-refractivity contribution in [2.45, 2.75) is 32.4 Å². The number of benzene rings is 1. The lowest BCUT2D eigenvalue weighted by Gasteiger charge is -2.18. The van der Waals surface area contributed by atoms with Crippen LogP contribution in [0.2, 0.25) is 0 Å².